The highest BCUT2D eigenvalue weighted by atomic mass is 16.7. The molecule has 2 atom stereocenters. The van der Waals surface area contributed by atoms with Gasteiger partial charge in [-0.25, -0.2) is 0 Å². The summed E-state index contributed by atoms with van der Waals surface area (Å²) in [7, 11) is 0. The van der Waals surface area contributed by atoms with Crippen LogP contribution in [0.15, 0.2) is 0 Å². The molecule has 1 heterocycles. The van der Waals surface area contributed by atoms with E-state index in [0.717, 1.165) is 25.0 Å². The maximum Gasteiger partial charge on any atom is 0.169 e. The smallest absolute Gasteiger partial charge is 0.169 e. The predicted octanol–water partition coefficient (Wildman–Crippen LogP) is 1.94. The maximum atomic E-state index is 5.72. The molecule has 0 bridgehead atoms. The quantitative estimate of drug-likeness (QED) is 0.550. The molecule has 2 aliphatic carbocycles. The van der Waals surface area contributed by atoms with Crippen LogP contribution in [0.3, 0.4) is 0 Å². The highest BCUT2D eigenvalue weighted by Gasteiger charge is 2.50. The van der Waals surface area contributed by atoms with Gasteiger partial charge in [-0.2, -0.15) is 0 Å². The van der Waals surface area contributed by atoms with Crippen LogP contribution in [-0.2, 0) is 9.47 Å². The summed E-state index contributed by atoms with van der Waals surface area (Å²) in [6.45, 7) is 1.64. The van der Waals surface area contributed by atoms with Gasteiger partial charge in [-0.15, -0.1) is 0 Å². The lowest BCUT2D eigenvalue weighted by Gasteiger charge is -2.22. The van der Waals surface area contributed by atoms with Crippen LogP contribution in [0.2, 0.25) is 0 Å². The molecule has 2 heteroatoms. The lowest BCUT2D eigenvalue weighted by molar-refractivity contribution is -0.155. The average molecular weight is 168 g/mol. The third-order valence-electron chi connectivity index (χ3n) is 3.78. The third kappa shape index (κ3) is 0.944. The van der Waals surface area contributed by atoms with Crippen LogP contribution in [-0.4, -0.2) is 19.0 Å². The van der Waals surface area contributed by atoms with Crippen molar-refractivity contribution >= 4 is 0 Å². The van der Waals surface area contributed by atoms with Gasteiger partial charge in [-0.3, -0.25) is 0 Å². The average Bonchev–Trinajstić information content (AvgIpc) is 2.66. The Morgan fingerprint density at radius 1 is 0.917 bits per heavy atom. The zero-order valence-electron chi connectivity index (χ0n) is 7.42. The first-order valence-corrected chi connectivity index (χ1v) is 5.16. The molecule has 3 aliphatic rings. The third-order valence-corrected chi connectivity index (χ3v) is 3.78. The topological polar surface area (TPSA) is 18.5 Å². The maximum absolute atomic E-state index is 5.72. The van der Waals surface area contributed by atoms with E-state index in [1.54, 1.807) is 0 Å². The number of fused-ring (bicyclic) bond motifs is 1. The molecular weight excluding hydrogens is 152 g/mol. The van der Waals surface area contributed by atoms with Gasteiger partial charge in [0.2, 0.25) is 0 Å². The molecule has 0 N–H and O–H groups in total. The van der Waals surface area contributed by atoms with Crippen LogP contribution in [0.1, 0.15) is 32.1 Å². The van der Waals surface area contributed by atoms with Gasteiger partial charge in [0.1, 0.15) is 0 Å². The summed E-state index contributed by atoms with van der Waals surface area (Å²) in [4.78, 5) is 0. The van der Waals surface area contributed by atoms with Crippen molar-refractivity contribution in [1.82, 2.24) is 0 Å². The number of rotatable bonds is 0. The SMILES string of the molecule is C1C[C@@H]2CC3(C[C@@H]2C1)OCCO3. The van der Waals surface area contributed by atoms with Gasteiger partial charge in [-0.1, -0.05) is 6.42 Å². The fourth-order valence-electron chi connectivity index (χ4n) is 3.27. The fourth-order valence-corrected chi connectivity index (χ4v) is 3.27. The summed E-state index contributed by atoms with van der Waals surface area (Å²) in [5, 5.41) is 0. The molecule has 0 amide bonds. The number of hydrogen-bond donors (Lipinski definition) is 0. The van der Waals surface area contributed by atoms with E-state index in [1.165, 1.54) is 32.1 Å². The number of ether oxygens (including phenoxy) is 2. The standard InChI is InChI=1S/C10H16O2/c1-2-8-6-10(7-9(8)3-1)11-4-5-12-10/h8-9H,1-7H2/t8-,9+. The molecule has 1 saturated heterocycles. The molecule has 3 rings (SSSR count). The van der Waals surface area contributed by atoms with Crippen LogP contribution >= 0.6 is 0 Å². The second-order valence-electron chi connectivity index (χ2n) is 4.47. The van der Waals surface area contributed by atoms with Crippen molar-refractivity contribution in [2.75, 3.05) is 13.2 Å². The van der Waals surface area contributed by atoms with E-state index in [4.69, 9.17) is 9.47 Å². The number of hydrogen-bond acceptors (Lipinski definition) is 2. The first-order chi connectivity index (χ1) is 5.88. The molecule has 0 radical (unpaired) electrons. The molecule has 1 aliphatic heterocycles. The molecule has 2 saturated carbocycles. The lowest BCUT2D eigenvalue weighted by Crippen LogP contribution is -2.26. The Hall–Kier alpha value is -0.0800. The summed E-state index contributed by atoms with van der Waals surface area (Å²) in [5.41, 5.74) is 0. The Bertz CT molecular complexity index is 170. The van der Waals surface area contributed by atoms with Crippen LogP contribution in [0.4, 0.5) is 0 Å². The van der Waals surface area contributed by atoms with E-state index in [2.05, 4.69) is 0 Å². The van der Waals surface area contributed by atoms with E-state index < -0.39 is 0 Å². The summed E-state index contributed by atoms with van der Waals surface area (Å²) in [5.74, 6) is 1.72. The molecule has 2 nitrogen and oxygen atoms in total. The van der Waals surface area contributed by atoms with Gasteiger partial charge in [0.15, 0.2) is 5.79 Å². The van der Waals surface area contributed by atoms with Crippen molar-refractivity contribution in [1.29, 1.82) is 0 Å². The van der Waals surface area contributed by atoms with E-state index in [-0.39, 0.29) is 5.79 Å². The minimum atomic E-state index is -0.115. The van der Waals surface area contributed by atoms with Gasteiger partial charge < -0.3 is 9.47 Å². The summed E-state index contributed by atoms with van der Waals surface area (Å²) >= 11 is 0. The van der Waals surface area contributed by atoms with Crippen LogP contribution in [0, 0.1) is 11.8 Å². The van der Waals surface area contributed by atoms with Crippen molar-refractivity contribution in [2.45, 2.75) is 37.9 Å². The van der Waals surface area contributed by atoms with E-state index >= 15 is 0 Å². The van der Waals surface area contributed by atoms with Crippen molar-refractivity contribution in [3.8, 4) is 0 Å². The van der Waals surface area contributed by atoms with Gasteiger partial charge >= 0.3 is 0 Å². The highest BCUT2D eigenvalue weighted by molar-refractivity contribution is 4.94. The Labute approximate surface area is 73.2 Å². The molecule has 0 aromatic rings. The van der Waals surface area contributed by atoms with E-state index in [9.17, 15) is 0 Å². The molecule has 1 spiro atoms. The van der Waals surface area contributed by atoms with Gasteiger partial charge in [0, 0.05) is 12.8 Å². The monoisotopic (exact) mass is 168 g/mol. The Kier molecular flexibility index (Phi) is 1.50. The van der Waals surface area contributed by atoms with Crippen LogP contribution in [0.25, 0.3) is 0 Å². The molecule has 0 unspecified atom stereocenters. The first kappa shape index (κ1) is 7.34. The zero-order chi connectivity index (χ0) is 8.02. The largest absolute Gasteiger partial charge is 0.348 e. The van der Waals surface area contributed by atoms with Gasteiger partial charge in [-0.05, 0) is 24.7 Å². The van der Waals surface area contributed by atoms with Crippen molar-refractivity contribution in [3.05, 3.63) is 0 Å². The normalized spacial score (nSPS) is 44.0. The van der Waals surface area contributed by atoms with E-state index in [1.807, 2.05) is 0 Å². The van der Waals surface area contributed by atoms with Crippen LogP contribution < -0.4 is 0 Å². The van der Waals surface area contributed by atoms with Crippen LogP contribution in [0.5, 0.6) is 0 Å². The fraction of sp³-hybridized carbons (Fsp3) is 1.00. The molecule has 68 valence electrons. The van der Waals surface area contributed by atoms with E-state index in [0.29, 0.717) is 0 Å². The lowest BCUT2D eigenvalue weighted by atomic mass is 10.0. The molecule has 12 heavy (non-hydrogen) atoms. The highest BCUT2D eigenvalue weighted by Crippen LogP contribution is 2.51. The first-order valence-electron chi connectivity index (χ1n) is 5.16. The molecule has 3 fully saturated rings. The Balaban J connectivity index is 1.77. The van der Waals surface area contributed by atoms with Crippen molar-refractivity contribution in [2.24, 2.45) is 11.8 Å². The van der Waals surface area contributed by atoms with Gasteiger partial charge in [0.05, 0.1) is 13.2 Å². The summed E-state index contributed by atoms with van der Waals surface area (Å²) in [6.07, 6.45) is 6.62. The summed E-state index contributed by atoms with van der Waals surface area (Å²) < 4.78 is 11.4. The zero-order valence-corrected chi connectivity index (χ0v) is 7.42. The Morgan fingerprint density at radius 2 is 1.50 bits per heavy atom. The molecular formula is C10H16O2. The van der Waals surface area contributed by atoms with Crippen molar-refractivity contribution < 1.29 is 9.47 Å². The predicted molar refractivity (Wildman–Crippen MR) is 44.7 cm³/mol. The summed E-state index contributed by atoms with van der Waals surface area (Å²) in [6, 6.07) is 0. The molecule has 0 aromatic carbocycles. The second-order valence-corrected chi connectivity index (χ2v) is 4.47. The molecule has 0 aromatic heterocycles. The minimum absolute atomic E-state index is 0.115. The van der Waals surface area contributed by atoms with Gasteiger partial charge in [0.25, 0.3) is 0 Å². The Morgan fingerprint density at radius 3 is 2.08 bits per heavy atom. The minimum Gasteiger partial charge on any atom is -0.348 e. The second kappa shape index (κ2) is 2.46. The van der Waals surface area contributed by atoms with Crippen molar-refractivity contribution in [3.63, 3.8) is 0 Å².